The topological polar surface area (TPSA) is 70.3 Å². The number of nitrogens with one attached hydrogen (secondary N) is 1. The number of anilines is 2. The van der Waals surface area contributed by atoms with Crippen LogP contribution in [0.25, 0.3) is 0 Å². The molecule has 1 aliphatic rings. The van der Waals surface area contributed by atoms with Crippen molar-refractivity contribution in [3.05, 3.63) is 11.9 Å². The van der Waals surface area contributed by atoms with Gasteiger partial charge in [-0.2, -0.15) is 0 Å². The Morgan fingerprint density at radius 3 is 2.55 bits per heavy atom. The minimum atomic E-state index is -0.0930. The van der Waals surface area contributed by atoms with Crippen molar-refractivity contribution >= 4 is 11.6 Å². The molecule has 1 aromatic heterocycles. The smallest absolute Gasteiger partial charge is 0.145 e. The molecule has 1 fully saturated rings. The lowest BCUT2D eigenvalue weighted by molar-refractivity contribution is 0.360. The first-order valence-corrected chi connectivity index (χ1v) is 7.20. The lowest BCUT2D eigenvalue weighted by Gasteiger charge is -2.25. The average Bonchev–Trinajstić information content (AvgIpc) is 2.62. The molecule has 3 N–H and O–H groups in total. The summed E-state index contributed by atoms with van der Waals surface area (Å²) in [7, 11) is 2.16. The van der Waals surface area contributed by atoms with Gasteiger partial charge in [0, 0.05) is 31.1 Å². The summed E-state index contributed by atoms with van der Waals surface area (Å²) in [5, 5.41) is 0. The van der Waals surface area contributed by atoms with Crippen LogP contribution < -0.4 is 16.2 Å². The summed E-state index contributed by atoms with van der Waals surface area (Å²) in [4.78, 5) is 13.9. The van der Waals surface area contributed by atoms with Crippen LogP contribution in [-0.4, -0.2) is 48.1 Å². The van der Waals surface area contributed by atoms with Crippen molar-refractivity contribution in [3.63, 3.8) is 0 Å². The van der Waals surface area contributed by atoms with Crippen LogP contribution in [0.5, 0.6) is 0 Å². The minimum Gasteiger partial charge on any atom is -0.355 e. The Hall–Kier alpha value is -1.40. The van der Waals surface area contributed by atoms with Gasteiger partial charge in [0.15, 0.2) is 0 Å². The van der Waals surface area contributed by atoms with E-state index in [2.05, 4.69) is 48.0 Å². The first-order chi connectivity index (χ1) is 9.40. The number of rotatable bonds is 2. The summed E-state index contributed by atoms with van der Waals surface area (Å²) in [6.45, 7) is 10.5. The van der Waals surface area contributed by atoms with E-state index in [9.17, 15) is 0 Å². The molecule has 0 amide bonds. The molecule has 0 aromatic carbocycles. The van der Waals surface area contributed by atoms with Crippen LogP contribution in [0.4, 0.5) is 11.6 Å². The molecule has 20 heavy (non-hydrogen) atoms. The van der Waals surface area contributed by atoms with E-state index >= 15 is 0 Å². The molecule has 0 unspecified atom stereocenters. The molecule has 1 aliphatic heterocycles. The fourth-order valence-corrected chi connectivity index (χ4v) is 2.28. The number of hydrogen-bond donors (Lipinski definition) is 2. The summed E-state index contributed by atoms with van der Waals surface area (Å²) in [5.74, 6) is 8.01. The van der Waals surface area contributed by atoms with Crippen molar-refractivity contribution in [1.29, 1.82) is 0 Å². The minimum absolute atomic E-state index is 0.0930. The van der Waals surface area contributed by atoms with Gasteiger partial charge >= 0.3 is 0 Å². The van der Waals surface area contributed by atoms with Gasteiger partial charge in [-0.15, -0.1) is 0 Å². The zero-order valence-electron chi connectivity index (χ0n) is 13.0. The fraction of sp³-hybridized carbons (Fsp3) is 0.714. The third kappa shape index (κ3) is 3.58. The van der Waals surface area contributed by atoms with Gasteiger partial charge in [0.25, 0.3) is 0 Å². The summed E-state index contributed by atoms with van der Waals surface area (Å²) < 4.78 is 0. The van der Waals surface area contributed by atoms with Crippen molar-refractivity contribution in [2.75, 3.05) is 43.6 Å². The monoisotopic (exact) mass is 278 g/mol. The first kappa shape index (κ1) is 15.0. The molecule has 0 spiro atoms. The molecule has 1 aromatic rings. The summed E-state index contributed by atoms with van der Waals surface area (Å²) in [6.07, 6.45) is 1.15. The Balaban J connectivity index is 2.30. The molecule has 6 nitrogen and oxygen atoms in total. The standard InChI is InChI=1S/C14H26N6/c1-14(2,3)13-16-11(18-15)10-12(17-13)20-7-5-6-19(4)8-9-20/h10H,5-9,15H2,1-4H3,(H,16,17,18). The van der Waals surface area contributed by atoms with E-state index in [1.165, 1.54) is 0 Å². The highest BCUT2D eigenvalue weighted by Crippen LogP contribution is 2.24. The Labute approximate surface area is 121 Å². The van der Waals surface area contributed by atoms with Gasteiger partial charge in [-0.3, -0.25) is 0 Å². The number of aromatic nitrogens is 2. The molecular weight excluding hydrogens is 252 g/mol. The molecule has 112 valence electrons. The van der Waals surface area contributed by atoms with Gasteiger partial charge in [0.2, 0.25) is 0 Å². The maximum atomic E-state index is 5.55. The molecular formula is C14H26N6. The predicted octanol–water partition coefficient (Wildman–Crippen LogP) is 1.20. The van der Waals surface area contributed by atoms with Crippen molar-refractivity contribution in [2.24, 2.45) is 5.84 Å². The van der Waals surface area contributed by atoms with E-state index in [1.54, 1.807) is 0 Å². The number of nitrogens with zero attached hydrogens (tertiary/aromatic N) is 4. The van der Waals surface area contributed by atoms with E-state index in [-0.39, 0.29) is 5.41 Å². The lowest BCUT2D eigenvalue weighted by Crippen LogP contribution is -2.30. The number of nitrogens with two attached hydrogens (primary N) is 1. The van der Waals surface area contributed by atoms with Crippen LogP contribution in [0.2, 0.25) is 0 Å². The van der Waals surface area contributed by atoms with Crippen molar-refractivity contribution < 1.29 is 0 Å². The van der Waals surface area contributed by atoms with E-state index in [1.807, 2.05) is 6.07 Å². The van der Waals surface area contributed by atoms with E-state index < -0.39 is 0 Å². The van der Waals surface area contributed by atoms with Crippen LogP contribution in [0.1, 0.15) is 33.0 Å². The molecule has 0 aliphatic carbocycles. The van der Waals surface area contributed by atoms with E-state index in [0.29, 0.717) is 5.82 Å². The molecule has 2 rings (SSSR count). The quantitative estimate of drug-likeness (QED) is 0.626. The maximum absolute atomic E-state index is 5.55. The maximum Gasteiger partial charge on any atom is 0.145 e. The highest BCUT2D eigenvalue weighted by Gasteiger charge is 2.21. The molecule has 0 saturated carbocycles. The third-order valence-corrected chi connectivity index (χ3v) is 3.57. The van der Waals surface area contributed by atoms with Gasteiger partial charge in [-0.25, -0.2) is 15.8 Å². The fourth-order valence-electron chi connectivity index (χ4n) is 2.28. The second kappa shape index (κ2) is 5.93. The number of hydrazine groups is 1. The summed E-state index contributed by atoms with van der Waals surface area (Å²) in [6, 6.07) is 1.93. The second-order valence-corrected chi connectivity index (χ2v) is 6.47. The summed E-state index contributed by atoms with van der Waals surface area (Å²) in [5.41, 5.74) is 2.56. The Kier molecular flexibility index (Phi) is 4.45. The van der Waals surface area contributed by atoms with Gasteiger partial charge < -0.3 is 15.2 Å². The van der Waals surface area contributed by atoms with Gasteiger partial charge in [-0.05, 0) is 20.0 Å². The van der Waals surface area contributed by atoms with Crippen LogP contribution in [0.3, 0.4) is 0 Å². The number of nitrogen functional groups attached to an aromatic ring is 1. The summed E-state index contributed by atoms with van der Waals surface area (Å²) >= 11 is 0. The van der Waals surface area contributed by atoms with Crippen molar-refractivity contribution in [1.82, 2.24) is 14.9 Å². The van der Waals surface area contributed by atoms with Crippen LogP contribution >= 0.6 is 0 Å². The van der Waals surface area contributed by atoms with Crippen LogP contribution in [-0.2, 0) is 5.41 Å². The zero-order chi connectivity index (χ0) is 14.8. The molecule has 0 atom stereocenters. The van der Waals surface area contributed by atoms with Crippen LogP contribution in [0.15, 0.2) is 6.07 Å². The van der Waals surface area contributed by atoms with Crippen LogP contribution in [0, 0.1) is 0 Å². The van der Waals surface area contributed by atoms with Crippen molar-refractivity contribution in [3.8, 4) is 0 Å². The number of hydrogen-bond acceptors (Lipinski definition) is 6. The largest absolute Gasteiger partial charge is 0.355 e. The third-order valence-electron chi connectivity index (χ3n) is 3.57. The van der Waals surface area contributed by atoms with E-state index in [4.69, 9.17) is 10.8 Å². The molecule has 0 bridgehead atoms. The first-order valence-electron chi connectivity index (χ1n) is 7.20. The highest BCUT2D eigenvalue weighted by atomic mass is 15.3. The molecule has 6 heteroatoms. The Morgan fingerprint density at radius 2 is 1.90 bits per heavy atom. The highest BCUT2D eigenvalue weighted by molar-refractivity contribution is 5.49. The predicted molar refractivity (Wildman–Crippen MR) is 82.9 cm³/mol. The Morgan fingerprint density at radius 1 is 1.15 bits per heavy atom. The SMILES string of the molecule is CN1CCCN(c2cc(NN)nc(C(C)(C)C)n2)CC1. The normalized spacial score (nSPS) is 17.9. The zero-order valence-corrected chi connectivity index (χ0v) is 13.0. The average molecular weight is 278 g/mol. The van der Waals surface area contributed by atoms with E-state index in [0.717, 1.165) is 44.2 Å². The van der Waals surface area contributed by atoms with Gasteiger partial charge in [0.05, 0.1) is 0 Å². The van der Waals surface area contributed by atoms with Gasteiger partial charge in [0.1, 0.15) is 17.5 Å². The Bertz CT molecular complexity index is 453. The second-order valence-electron chi connectivity index (χ2n) is 6.47. The lowest BCUT2D eigenvalue weighted by atomic mass is 9.96. The molecule has 1 saturated heterocycles. The number of likely N-dealkylation sites (N-methyl/N-ethyl adjacent to an activating group) is 1. The van der Waals surface area contributed by atoms with Gasteiger partial charge in [-0.1, -0.05) is 20.8 Å². The molecule has 0 radical (unpaired) electrons. The van der Waals surface area contributed by atoms with Crippen molar-refractivity contribution in [2.45, 2.75) is 32.6 Å². The molecule has 2 heterocycles.